The van der Waals surface area contributed by atoms with Crippen LogP contribution >= 0.6 is 0 Å². The lowest BCUT2D eigenvalue weighted by molar-refractivity contribution is -0.101. The number of fused-ring (bicyclic) bond motifs is 1. The van der Waals surface area contributed by atoms with Crippen LogP contribution in [0.2, 0.25) is 0 Å². The van der Waals surface area contributed by atoms with Crippen molar-refractivity contribution in [3.63, 3.8) is 0 Å². The molecule has 0 saturated carbocycles. The molecule has 1 saturated heterocycles. The third kappa shape index (κ3) is 2.78. The number of aliphatic hydroxyl groups excluding tert-OH is 1. The third-order valence-electron chi connectivity index (χ3n) is 3.85. The topological polar surface area (TPSA) is 75.8 Å². The van der Waals surface area contributed by atoms with E-state index in [1.165, 1.54) is 6.33 Å². The largest absolute Gasteiger partial charge is 0.394 e. The Balaban J connectivity index is 2.06. The molecule has 1 aliphatic rings. The first-order valence-corrected chi connectivity index (χ1v) is 7.64. The average molecular weight is 305 g/mol. The van der Waals surface area contributed by atoms with Gasteiger partial charge in [0.15, 0.2) is 0 Å². The standard InChI is InChI=1S/C15H23N5O2/c1-10(2)12-5-13(20-14(18-12)16-9-17-20)19-6-11(7-21)22-15(3,4)8-19/h5,9-11,21H,6-8H2,1-4H3. The van der Waals surface area contributed by atoms with E-state index in [1.807, 2.05) is 13.8 Å². The highest BCUT2D eigenvalue weighted by Crippen LogP contribution is 2.27. The van der Waals surface area contributed by atoms with Gasteiger partial charge in [-0.25, -0.2) is 4.98 Å². The fourth-order valence-corrected chi connectivity index (χ4v) is 2.90. The Hall–Kier alpha value is -1.73. The van der Waals surface area contributed by atoms with Crippen LogP contribution in [0.3, 0.4) is 0 Å². The smallest absolute Gasteiger partial charge is 0.254 e. The van der Waals surface area contributed by atoms with E-state index in [0.717, 1.165) is 18.1 Å². The Morgan fingerprint density at radius 1 is 1.45 bits per heavy atom. The molecule has 7 nitrogen and oxygen atoms in total. The van der Waals surface area contributed by atoms with Gasteiger partial charge in [-0.05, 0) is 19.8 Å². The van der Waals surface area contributed by atoms with Crippen molar-refractivity contribution in [2.75, 3.05) is 24.6 Å². The number of morpholine rings is 1. The normalized spacial score (nSPS) is 21.7. The summed E-state index contributed by atoms with van der Waals surface area (Å²) in [5.41, 5.74) is 0.653. The second-order valence-electron chi connectivity index (χ2n) is 6.73. The number of ether oxygens (including phenoxy) is 1. The van der Waals surface area contributed by atoms with Crippen LogP contribution in [0, 0.1) is 0 Å². The van der Waals surface area contributed by atoms with E-state index >= 15 is 0 Å². The molecule has 120 valence electrons. The maximum Gasteiger partial charge on any atom is 0.254 e. The molecule has 1 N–H and O–H groups in total. The van der Waals surface area contributed by atoms with Gasteiger partial charge in [-0.15, -0.1) is 0 Å². The van der Waals surface area contributed by atoms with Gasteiger partial charge >= 0.3 is 0 Å². The van der Waals surface area contributed by atoms with Crippen molar-refractivity contribution in [1.82, 2.24) is 19.6 Å². The summed E-state index contributed by atoms with van der Waals surface area (Å²) in [6.07, 6.45) is 1.31. The molecule has 0 radical (unpaired) electrons. The lowest BCUT2D eigenvalue weighted by atomic mass is 10.0. The van der Waals surface area contributed by atoms with Crippen LogP contribution in [0.4, 0.5) is 5.82 Å². The maximum absolute atomic E-state index is 9.51. The minimum atomic E-state index is -0.334. The van der Waals surface area contributed by atoms with E-state index in [0.29, 0.717) is 18.2 Å². The van der Waals surface area contributed by atoms with Crippen molar-refractivity contribution in [2.24, 2.45) is 0 Å². The fourth-order valence-electron chi connectivity index (χ4n) is 2.90. The van der Waals surface area contributed by atoms with Crippen LogP contribution < -0.4 is 4.90 Å². The van der Waals surface area contributed by atoms with Crippen LogP contribution in [0.15, 0.2) is 12.4 Å². The molecule has 0 amide bonds. The summed E-state index contributed by atoms with van der Waals surface area (Å²) in [6.45, 7) is 9.63. The van der Waals surface area contributed by atoms with Gasteiger partial charge in [0.1, 0.15) is 12.1 Å². The van der Waals surface area contributed by atoms with Gasteiger partial charge in [0.2, 0.25) is 0 Å². The minimum Gasteiger partial charge on any atom is -0.394 e. The molecule has 0 aliphatic carbocycles. The molecule has 0 spiro atoms. The predicted molar refractivity (Wildman–Crippen MR) is 83.1 cm³/mol. The SMILES string of the molecule is CC(C)c1cc(N2CC(CO)OC(C)(C)C2)n2ncnc2n1. The Labute approximate surface area is 129 Å². The predicted octanol–water partition coefficient (Wildman–Crippen LogP) is 1.22. The molecule has 1 aliphatic heterocycles. The summed E-state index contributed by atoms with van der Waals surface area (Å²) in [5, 5.41) is 13.8. The van der Waals surface area contributed by atoms with Gasteiger partial charge in [-0.3, -0.25) is 0 Å². The van der Waals surface area contributed by atoms with E-state index in [2.05, 4.69) is 39.9 Å². The monoisotopic (exact) mass is 305 g/mol. The Morgan fingerprint density at radius 3 is 2.91 bits per heavy atom. The Kier molecular flexibility index (Phi) is 3.78. The van der Waals surface area contributed by atoms with E-state index in [4.69, 9.17) is 4.74 Å². The zero-order valence-electron chi connectivity index (χ0n) is 13.5. The number of hydrogen-bond acceptors (Lipinski definition) is 6. The van der Waals surface area contributed by atoms with Gasteiger partial charge in [-0.2, -0.15) is 14.6 Å². The van der Waals surface area contributed by atoms with Crippen LogP contribution in [0.1, 0.15) is 39.3 Å². The van der Waals surface area contributed by atoms with E-state index in [9.17, 15) is 5.11 Å². The Bertz CT molecular complexity index is 667. The van der Waals surface area contributed by atoms with Crippen LogP contribution in [0.5, 0.6) is 0 Å². The van der Waals surface area contributed by atoms with Gasteiger partial charge < -0.3 is 14.7 Å². The summed E-state index contributed by atoms with van der Waals surface area (Å²) in [7, 11) is 0. The summed E-state index contributed by atoms with van der Waals surface area (Å²) in [4.78, 5) is 11.0. The number of nitrogens with zero attached hydrogens (tertiary/aromatic N) is 5. The summed E-state index contributed by atoms with van der Waals surface area (Å²) in [6, 6.07) is 2.06. The molecule has 3 rings (SSSR count). The third-order valence-corrected chi connectivity index (χ3v) is 3.85. The summed E-state index contributed by atoms with van der Waals surface area (Å²) < 4.78 is 7.65. The molecule has 2 aromatic rings. The zero-order valence-corrected chi connectivity index (χ0v) is 13.5. The fraction of sp³-hybridized carbons (Fsp3) is 0.667. The summed E-state index contributed by atoms with van der Waals surface area (Å²) >= 11 is 0. The molecule has 0 bridgehead atoms. The number of aliphatic hydroxyl groups is 1. The maximum atomic E-state index is 9.51. The van der Waals surface area contributed by atoms with Crippen LogP contribution in [-0.4, -0.2) is 56.1 Å². The van der Waals surface area contributed by atoms with Gasteiger partial charge in [0.05, 0.1) is 24.0 Å². The van der Waals surface area contributed by atoms with Gasteiger partial charge in [0.25, 0.3) is 5.78 Å². The van der Waals surface area contributed by atoms with E-state index in [-0.39, 0.29) is 18.3 Å². The quantitative estimate of drug-likeness (QED) is 0.919. The zero-order chi connectivity index (χ0) is 15.9. The first-order chi connectivity index (χ1) is 10.4. The lowest BCUT2D eigenvalue weighted by Gasteiger charge is -2.43. The molecule has 7 heteroatoms. The highest BCUT2D eigenvalue weighted by atomic mass is 16.5. The second-order valence-corrected chi connectivity index (χ2v) is 6.73. The van der Waals surface area contributed by atoms with E-state index in [1.54, 1.807) is 4.52 Å². The van der Waals surface area contributed by atoms with Crippen molar-refractivity contribution in [1.29, 1.82) is 0 Å². The van der Waals surface area contributed by atoms with Gasteiger partial charge in [0, 0.05) is 19.2 Å². The highest BCUT2D eigenvalue weighted by molar-refractivity contribution is 5.48. The molecule has 3 heterocycles. The molecule has 1 unspecified atom stereocenters. The van der Waals surface area contributed by atoms with Crippen molar-refractivity contribution >= 4 is 11.6 Å². The number of rotatable bonds is 3. The van der Waals surface area contributed by atoms with Crippen LogP contribution in [0.25, 0.3) is 5.78 Å². The molecular weight excluding hydrogens is 282 g/mol. The molecule has 0 aromatic carbocycles. The molecule has 22 heavy (non-hydrogen) atoms. The number of anilines is 1. The van der Waals surface area contributed by atoms with Crippen molar-refractivity contribution < 1.29 is 9.84 Å². The van der Waals surface area contributed by atoms with E-state index < -0.39 is 0 Å². The summed E-state index contributed by atoms with van der Waals surface area (Å²) in [5.74, 6) is 1.86. The number of aromatic nitrogens is 4. The molecule has 2 aromatic heterocycles. The lowest BCUT2D eigenvalue weighted by Crippen LogP contribution is -2.54. The molecule has 1 atom stereocenters. The molecular formula is C15H23N5O2. The van der Waals surface area contributed by atoms with Gasteiger partial charge in [-0.1, -0.05) is 13.8 Å². The van der Waals surface area contributed by atoms with Crippen LogP contribution in [-0.2, 0) is 4.74 Å². The molecule has 1 fully saturated rings. The van der Waals surface area contributed by atoms with Crippen molar-refractivity contribution in [3.05, 3.63) is 18.1 Å². The first kappa shape index (κ1) is 15.2. The van der Waals surface area contributed by atoms with Crippen molar-refractivity contribution in [2.45, 2.75) is 45.3 Å². The Morgan fingerprint density at radius 2 is 2.23 bits per heavy atom. The number of hydrogen-bond donors (Lipinski definition) is 1. The first-order valence-electron chi connectivity index (χ1n) is 7.64. The second kappa shape index (κ2) is 5.48. The minimum absolute atomic E-state index is 0.00253. The average Bonchev–Trinajstić information content (AvgIpc) is 2.92. The highest BCUT2D eigenvalue weighted by Gasteiger charge is 2.34. The van der Waals surface area contributed by atoms with Crippen molar-refractivity contribution in [3.8, 4) is 0 Å².